The van der Waals surface area contributed by atoms with E-state index in [1.807, 2.05) is 0 Å². The minimum absolute atomic E-state index is 0.411. The third-order valence-corrected chi connectivity index (χ3v) is 4.30. The molecule has 0 aliphatic heterocycles. The number of hydrogen-bond acceptors (Lipinski definition) is 3. The fourth-order valence-electron chi connectivity index (χ4n) is 2.66. The van der Waals surface area contributed by atoms with Crippen LogP contribution in [0.15, 0.2) is 29.3 Å². The van der Waals surface area contributed by atoms with Crippen LogP contribution in [0.4, 0.5) is 13.2 Å². The Hall–Kier alpha value is -1.80. The smallest absolute Gasteiger partial charge is 0.383 e. The lowest BCUT2D eigenvalue weighted by molar-refractivity contribution is -0.137. The van der Waals surface area contributed by atoms with Crippen LogP contribution in [0, 0.1) is 0 Å². The van der Waals surface area contributed by atoms with Crippen LogP contribution in [-0.4, -0.2) is 57.3 Å². The average Bonchev–Trinajstić information content (AvgIpc) is 3.45. The second-order valence-electron chi connectivity index (χ2n) is 6.31. The molecule has 0 heterocycles. The van der Waals surface area contributed by atoms with Gasteiger partial charge in [0.05, 0.1) is 12.2 Å². The van der Waals surface area contributed by atoms with Crippen molar-refractivity contribution in [1.29, 1.82) is 0 Å². The number of methoxy groups -OCH3 is 1. The predicted octanol–water partition coefficient (Wildman–Crippen LogP) is 2.48. The molecule has 146 valence electrons. The van der Waals surface area contributed by atoms with Crippen LogP contribution in [0.2, 0.25) is 0 Å². The summed E-state index contributed by atoms with van der Waals surface area (Å²) in [6.07, 6.45) is -1.82. The molecule has 2 rings (SSSR count). The SMILES string of the molecule is CN=C(NCCN(CCOC)C1CC1)NCc1ccc(C(F)(F)F)cc1. The molecule has 1 fully saturated rings. The van der Waals surface area contributed by atoms with E-state index in [0.717, 1.165) is 43.9 Å². The first-order chi connectivity index (χ1) is 12.4. The van der Waals surface area contributed by atoms with Gasteiger partial charge in [0.15, 0.2) is 5.96 Å². The van der Waals surface area contributed by atoms with E-state index in [2.05, 4.69) is 20.5 Å². The Morgan fingerprint density at radius 2 is 1.88 bits per heavy atom. The Morgan fingerprint density at radius 1 is 1.19 bits per heavy atom. The standard InChI is InChI=1S/C18H27F3N4O/c1-22-17(23-9-10-25(11-12-26-2)16-7-8-16)24-13-14-3-5-15(6-4-14)18(19,20)21/h3-6,16H,7-13H2,1-2H3,(H2,22,23,24). The van der Waals surface area contributed by atoms with Gasteiger partial charge in [0.25, 0.3) is 0 Å². The maximum absolute atomic E-state index is 12.6. The van der Waals surface area contributed by atoms with E-state index in [-0.39, 0.29) is 0 Å². The molecular weight excluding hydrogens is 345 g/mol. The van der Waals surface area contributed by atoms with Gasteiger partial charge in [-0.2, -0.15) is 13.2 Å². The van der Waals surface area contributed by atoms with Crippen LogP contribution in [0.5, 0.6) is 0 Å². The fraction of sp³-hybridized carbons (Fsp3) is 0.611. The molecule has 0 radical (unpaired) electrons. The van der Waals surface area contributed by atoms with E-state index in [1.165, 1.54) is 25.0 Å². The molecule has 0 unspecified atom stereocenters. The third kappa shape index (κ3) is 6.84. The maximum atomic E-state index is 12.6. The summed E-state index contributed by atoms with van der Waals surface area (Å²) in [5.41, 5.74) is 0.126. The van der Waals surface area contributed by atoms with Crippen LogP contribution in [0.25, 0.3) is 0 Å². The first-order valence-electron chi connectivity index (χ1n) is 8.77. The molecule has 1 aromatic carbocycles. The van der Waals surface area contributed by atoms with Gasteiger partial charge < -0.3 is 15.4 Å². The Bertz CT molecular complexity index is 571. The van der Waals surface area contributed by atoms with Gasteiger partial charge >= 0.3 is 6.18 Å². The number of rotatable bonds is 9. The lowest BCUT2D eigenvalue weighted by atomic mass is 10.1. The predicted molar refractivity (Wildman–Crippen MR) is 96.1 cm³/mol. The van der Waals surface area contributed by atoms with E-state index in [0.29, 0.717) is 18.5 Å². The summed E-state index contributed by atoms with van der Waals surface area (Å²) in [5, 5.41) is 6.36. The molecule has 8 heteroatoms. The molecule has 0 atom stereocenters. The van der Waals surface area contributed by atoms with Crippen molar-refractivity contribution in [3.8, 4) is 0 Å². The molecule has 0 spiro atoms. The largest absolute Gasteiger partial charge is 0.416 e. The van der Waals surface area contributed by atoms with E-state index < -0.39 is 11.7 Å². The van der Waals surface area contributed by atoms with Crippen LogP contribution >= 0.6 is 0 Å². The summed E-state index contributed by atoms with van der Waals surface area (Å²) >= 11 is 0. The van der Waals surface area contributed by atoms with Gasteiger partial charge in [-0.1, -0.05) is 12.1 Å². The Kier molecular flexibility index (Phi) is 7.71. The molecule has 1 aliphatic carbocycles. The van der Waals surface area contributed by atoms with Crippen LogP contribution in [-0.2, 0) is 17.5 Å². The fourth-order valence-corrected chi connectivity index (χ4v) is 2.66. The zero-order valence-electron chi connectivity index (χ0n) is 15.3. The molecule has 0 aromatic heterocycles. The van der Waals surface area contributed by atoms with Crippen molar-refractivity contribution in [1.82, 2.24) is 15.5 Å². The van der Waals surface area contributed by atoms with Gasteiger partial charge in [0, 0.05) is 46.4 Å². The Morgan fingerprint density at radius 3 is 2.42 bits per heavy atom. The number of nitrogens with one attached hydrogen (secondary N) is 2. The number of benzene rings is 1. The summed E-state index contributed by atoms with van der Waals surface area (Å²) in [6, 6.07) is 5.80. The van der Waals surface area contributed by atoms with Gasteiger partial charge in [0.2, 0.25) is 0 Å². The lowest BCUT2D eigenvalue weighted by Crippen LogP contribution is -2.42. The number of aliphatic imine (C=N–C) groups is 1. The normalized spacial score (nSPS) is 15.4. The second-order valence-corrected chi connectivity index (χ2v) is 6.31. The number of nitrogens with zero attached hydrogens (tertiary/aromatic N) is 2. The van der Waals surface area contributed by atoms with Gasteiger partial charge in [-0.25, -0.2) is 0 Å². The molecule has 2 N–H and O–H groups in total. The third-order valence-electron chi connectivity index (χ3n) is 4.30. The number of hydrogen-bond donors (Lipinski definition) is 2. The van der Waals surface area contributed by atoms with Gasteiger partial charge in [0.1, 0.15) is 0 Å². The highest BCUT2D eigenvalue weighted by molar-refractivity contribution is 5.79. The van der Waals surface area contributed by atoms with Gasteiger partial charge in [-0.05, 0) is 30.5 Å². The average molecular weight is 372 g/mol. The van der Waals surface area contributed by atoms with Crippen molar-refractivity contribution in [3.63, 3.8) is 0 Å². The van der Waals surface area contributed by atoms with Crippen LogP contribution < -0.4 is 10.6 Å². The molecule has 1 aromatic rings. The van der Waals surface area contributed by atoms with Crippen molar-refractivity contribution < 1.29 is 17.9 Å². The maximum Gasteiger partial charge on any atom is 0.416 e. The number of guanidine groups is 1. The minimum Gasteiger partial charge on any atom is -0.383 e. The minimum atomic E-state index is -4.31. The summed E-state index contributed by atoms with van der Waals surface area (Å²) < 4.78 is 42.9. The van der Waals surface area contributed by atoms with E-state index in [1.54, 1.807) is 14.2 Å². The molecule has 5 nitrogen and oxygen atoms in total. The Balaban J connectivity index is 1.73. The van der Waals surface area contributed by atoms with Crippen molar-refractivity contribution >= 4 is 5.96 Å². The van der Waals surface area contributed by atoms with Crippen LogP contribution in [0.3, 0.4) is 0 Å². The zero-order chi connectivity index (χ0) is 19.0. The number of ether oxygens (including phenoxy) is 1. The highest BCUT2D eigenvalue weighted by atomic mass is 19.4. The first kappa shape index (κ1) is 20.5. The molecule has 26 heavy (non-hydrogen) atoms. The quantitative estimate of drug-likeness (QED) is 0.517. The van der Waals surface area contributed by atoms with Crippen molar-refractivity contribution in [2.24, 2.45) is 4.99 Å². The summed E-state index contributed by atoms with van der Waals surface area (Å²) in [5.74, 6) is 0.632. The summed E-state index contributed by atoms with van der Waals surface area (Å²) in [6.45, 7) is 3.69. The number of alkyl halides is 3. The highest BCUT2D eigenvalue weighted by Gasteiger charge is 2.30. The van der Waals surface area contributed by atoms with Gasteiger partial charge in [-0.3, -0.25) is 9.89 Å². The molecule has 0 saturated heterocycles. The molecular formula is C18H27F3N4O. The highest BCUT2D eigenvalue weighted by Crippen LogP contribution is 2.29. The van der Waals surface area contributed by atoms with Crippen molar-refractivity contribution in [3.05, 3.63) is 35.4 Å². The second kappa shape index (κ2) is 9.78. The zero-order valence-corrected chi connectivity index (χ0v) is 15.3. The lowest BCUT2D eigenvalue weighted by Gasteiger charge is -2.22. The van der Waals surface area contributed by atoms with E-state index >= 15 is 0 Å². The van der Waals surface area contributed by atoms with Gasteiger partial charge in [-0.15, -0.1) is 0 Å². The van der Waals surface area contributed by atoms with Crippen molar-refractivity contribution in [2.75, 3.05) is 40.4 Å². The molecule has 1 saturated carbocycles. The Labute approximate surface area is 152 Å². The molecule has 0 amide bonds. The van der Waals surface area contributed by atoms with E-state index in [4.69, 9.17) is 4.74 Å². The summed E-state index contributed by atoms with van der Waals surface area (Å²) in [4.78, 5) is 6.55. The molecule has 0 bridgehead atoms. The van der Waals surface area contributed by atoms with E-state index in [9.17, 15) is 13.2 Å². The topological polar surface area (TPSA) is 48.9 Å². The number of halogens is 3. The van der Waals surface area contributed by atoms with Crippen LogP contribution in [0.1, 0.15) is 24.0 Å². The first-order valence-corrected chi connectivity index (χ1v) is 8.77. The monoisotopic (exact) mass is 372 g/mol. The van der Waals surface area contributed by atoms with Crippen molar-refractivity contribution in [2.45, 2.75) is 31.6 Å². The molecule has 1 aliphatic rings. The summed E-state index contributed by atoms with van der Waals surface area (Å²) in [7, 11) is 3.38.